The van der Waals surface area contributed by atoms with Gasteiger partial charge in [0.15, 0.2) is 0 Å². The lowest BCUT2D eigenvalue weighted by molar-refractivity contribution is -0.121. The van der Waals surface area contributed by atoms with Gasteiger partial charge in [0.2, 0.25) is 5.91 Å². The minimum atomic E-state index is 0.0521. The molecule has 0 radical (unpaired) electrons. The molecular formula is C20H25NO2. The van der Waals surface area contributed by atoms with Gasteiger partial charge in [-0.1, -0.05) is 48.0 Å². The number of para-hydroxylation sites is 1. The average molecular weight is 311 g/mol. The predicted octanol–water partition coefficient (Wildman–Crippen LogP) is 3.90. The second-order valence-corrected chi connectivity index (χ2v) is 5.70. The maximum absolute atomic E-state index is 11.7. The first-order valence-corrected chi connectivity index (χ1v) is 8.24. The van der Waals surface area contributed by atoms with Crippen LogP contribution in [0.4, 0.5) is 0 Å². The van der Waals surface area contributed by atoms with Crippen LogP contribution in [0.3, 0.4) is 0 Å². The minimum absolute atomic E-state index is 0.0521. The Hall–Kier alpha value is -2.29. The Labute approximate surface area is 138 Å². The Morgan fingerprint density at radius 1 is 1.00 bits per heavy atom. The Morgan fingerprint density at radius 2 is 1.74 bits per heavy atom. The molecule has 0 saturated carbocycles. The Bertz CT molecular complexity index is 578. The van der Waals surface area contributed by atoms with Crippen molar-refractivity contribution in [1.82, 2.24) is 5.32 Å². The molecule has 0 aliphatic heterocycles. The van der Waals surface area contributed by atoms with E-state index in [1.54, 1.807) is 0 Å². The van der Waals surface area contributed by atoms with Crippen LogP contribution in [0.25, 0.3) is 0 Å². The molecule has 0 bridgehead atoms. The van der Waals surface area contributed by atoms with Crippen LogP contribution < -0.4 is 10.1 Å². The van der Waals surface area contributed by atoms with Crippen molar-refractivity contribution < 1.29 is 9.53 Å². The topological polar surface area (TPSA) is 38.3 Å². The van der Waals surface area contributed by atoms with Crippen LogP contribution in [-0.4, -0.2) is 19.1 Å². The monoisotopic (exact) mass is 311 g/mol. The quantitative estimate of drug-likeness (QED) is 0.713. The highest BCUT2D eigenvalue weighted by Gasteiger charge is 2.01. The number of carbonyl (C=O) groups excluding carboxylic acids is 1. The van der Waals surface area contributed by atoms with Crippen LogP contribution in [0.5, 0.6) is 5.75 Å². The summed E-state index contributed by atoms with van der Waals surface area (Å²) in [6.07, 6.45) is 3.54. The summed E-state index contributed by atoms with van der Waals surface area (Å²) in [5.41, 5.74) is 2.65. The lowest BCUT2D eigenvalue weighted by Crippen LogP contribution is -2.25. The Balaban J connectivity index is 1.50. The highest BCUT2D eigenvalue weighted by Crippen LogP contribution is 2.08. The van der Waals surface area contributed by atoms with Crippen LogP contribution in [0.1, 0.15) is 30.4 Å². The highest BCUT2D eigenvalue weighted by atomic mass is 16.5. The second-order valence-electron chi connectivity index (χ2n) is 5.70. The molecule has 0 heterocycles. The second kappa shape index (κ2) is 9.67. The summed E-state index contributed by atoms with van der Waals surface area (Å²) in [5.74, 6) is 0.856. The number of hydrogen-bond donors (Lipinski definition) is 1. The van der Waals surface area contributed by atoms with Gasteiger partial charge in [-0.05, 0) is 43.9 Å². The molecule has 0 saturated heterocycles. The van der Waals surface area contributed by atoms with Crippen molar-refractivity contribution in [2.75, 3.05) is 13.2 Å². The predicted molar refractivity (Wildman–Crippen MR) is 93.7 cm³/mol. The van der Waals surface area contributed by atoms with E-state index < -0.39 is 0 Å². The average Bonchev–Trinajstić information content (AvgIpc) is 2.57. The van der Waals surface area contributed by atoms with E-state index in [4.69, 9.17) is 4.74 Å². The normalized spacial score (nSPS) is 10.3. The van der Waals surface area contributed by atoms with Crippen molar-refractivity contribution in [3.05, 3.63) is 65.7 Å². The van der Waals surface area contributed by atoms with E-state index in [1.165, 1.54) is 11.1 Å². The number of hydrogen-bond acceptors (Lipinski definition) is 2. The lowest BCUT2D eigenvalue weighted by Gasteiger charge is -2.07. The molecule has 0 aliphatic carbocycles. The van der Waals surface area contributed by atoms with Gasteiger partial charge in [0.05, 0.1) is 13.0 Å². The molecule has 0 unspecified atom stereocenters. The van der Waals surface area contributed by atoms with Gasteiger partial charge in [-0.25, -0.2) is 0 Å². The number of unbranched alkanes of at least 4 members (excludes halogenated alkanes) is 1. The van der Waals surface area contributed by atoms with Crippen LogP contribution in [0.15, 0.2) is 54.6 Å². The molecule has 3 heteroatoms. The number of benzene rings is 2. The first kappa shape index (κ1) is 17.1. The number of amides is 1. The third-order valence-corrected chi connectivity index (χ3v) is 3.68. The largest absolute Gasteiger partial charge is 0.493 e. The fraction of sp³-hybridized carbons (Fsp3) is 0.350. The summed E-state index contributed by atoms with van der Waals surface area (Å²) in [4.78, 5) is 11.7. The molecule has 0 spiro atoms. The summed E-state index contributed by atoms with van der Waals surface area (Å²) in [6.45, 7) is 3.25. The van der Waals surface area contributed by atoms with Crippen molar-refractivity contribution in [2.24, 2.45) is 0 Å². The molecule has 0 atom stereocenters. The first-order valence-electron chi connectivity index (χ1n) is 8.24. The smallest absolute Gasteiger partial charge is 0.223 e. The molecule has 1 N–H and O–H groups in total. The SMILES string of the molecule is Cc1ccc(CCCCNC(=O)CCOc2ccccc2)cc1. The summed E-state index contributed by atoms with van der Waals surface area (Å²) in [6, 6.07) is 18.2. The third kappa shape index (κ3) is 7.00. The van der Waals surface area contributed by atoms with Crippen molar-refractivity contribution in [3.8, 4) is 5.75 Å². The van der Waals surface area contributed by atoms with Gasteiger partial charge in [0.1, 0.15) is 5.75 Å². The van der Waals surface area contributed by atoms with E-state index >= 15 is 0 Å². The van der Waals surface area contributed by atoms with Gasteiger partial charge in [0, 0.05) is 6.54 Å². The van der Waals surface area contributed by atoms with Crippen molar-refractivity contribution in [1.29, 1.82) is 0 Å². The van der Waals surface area contributed by atoms with Crippen LogP contribution >= 0.6 is 0 Å². The van der Waals surface area contributed by atoms with Gasteiger partial charge >= 0.3 is 0 Å². The van der Waals surface area contributed by atoms with E-state index in [-0.39, 0.29) is 5.91 Å². The molecule has 122 valence electrons. The number of rotatable bonds is 9. The molecule has 2 aromatic rings. The Morgan fingerprint density at radius 3 is 2.48 bits per heavy atom. The van der Waals surface area contributed by atoms with E-state index in [9.17, 15) is 4.79 Å². The zero-order chi connectivity index (χ0) is 16.3. The summed E-state index contributed by atoms with van der Waals surface area (Å²) in [7, 11) is 0. The summed E-state index contributed by atoms with van der Waals surface area (Å²) >= 11 is 0. The summed E-state index contributed by atoms with van der Waals surface area (Å²) < 4.78 is 5.51. The number of ether oxygens (including phenoxy) is 1. The van der Waals surface area contributed by atoms with E-state index in [2.05, 4.69) is 36.5 Å². The zero-order valence-electron chi connectivity index (χ0n) is 13.8. The number of carbonyl (C=O) groups is 1. The molecule has 2 rings (SSSR count). The molecule has 1 amide bonds. The lowest BCUT2D eigenvalue weighted by atomic mass is 10.1. The molecule has 0 aliphatic rings. The van der Waals surface area contributed by atoms with Crippen LogP contribution in [0, 0.1) is 6.92 Å². The van der Waals surface area contributed by atoms with Gasteiger partial charge in [0.25, 0.3) is 0 Å². The number of aryl methyl sites for hydroxylation is 2. The van der Waals surface area contributed by atoms with Crippen LogP contribution in [-0.2, 0) is 11.2 Å². The van der Waals surface area contributed by atoms with Crippen molar-refractivity contribution >= 4 is 5.91 Å². The Kier molecular flexibility index (Phi) is 7.18. The van der Waals surface area contributed by atoms with Crippen molar-refractivity contribution in [3.63, 3.8) is 0 Å². The summed E-state index contributed by atoms with van der Waals surface area (Å²) in [5, 5.41) is 2.95. The fourth-order valence-corrected chi connectivity index (χ4v) is 2.30. The minimum Gasteiger partial charge on any atom is -0.493 e. The molecule has 2 aromatic carbocycles. The maximum Gasteiger partial charge on any atom is 0.223 e. The fourth-order valence-electron chi connectivity index (χ4n) is 2.30. The first-order chi connectivity index (χ1) is 11.2. The van der Waals surface area contributed by atoms with E-state index in [0.29, 0.717) is 13.0 Å². The van der Waals surface area contributed by atoms with Gasteiger partial charge in [-0.3, -0.25) is 4.79 Å². The van der Waals surface area contributed by atoms with Crippen LogP contribution in [0.2, 0.25) is 0 Å². The van der Waals surface area contributed by atoms with Crippen molar-refractivity contribution in [2.45, 2.75) is 32.6 Å². The van der Waals surface area contributed by atoms with E-state index in [1.807, 2.05) is 30.3 Å². The molecule has 23 heavy (non-hydrogen) atoms. The van der Waals surface area contributed by atoms with Gasteiger partial charge in [-0.15, -0.1) is 0 Å². The molecule has 0 aromatic heterocycles. The standard InChI is InChI=1S/C20H25NO2/c1-17-10-12-18(13-11-17)7-5-6-15-21-20(22)14-16-23-19-8-3-2-4-9-19/h2-4,8-13H,5-7,14-16H2,1H3,(H,21,22). The van der Waals surface area contributed by atoms with Gasteiger partial charge in [-0.2, -0.15) is 0 Å². The third-order valence-electron chi connectivity index (χ3n) is 3.68. The zero-order valence-corrected chi connectivity index (χ0v) is 13.8. The molecule has 0 fully saturated rings. The van der Waals surface area contributed by atoms with Gasteiger partial charge < -0.3 is 10.1 Å². The molecule has 3 nitrogen and oxygen atoms in total. The molecular weight excluding hydrogens is 286 g/mol. The maximum atomic E-state index is 11.7. The number of nitrogens with one attached hydrogen (secondary N) is 1. The van der Waals surface area contributed by atoms with E-state index in [0.717, 1.165) is 31.6 Å². The highest BCUT2D eigenvalue weighted by molar-refractivity contribution is 5.75.